The lowest BCUT2D eigenvalue weighted by atomic mass is 9.50. The lowest BCUT2D eigenvalue weighted by molar-refractivity contribution is -0.204. The van der Waals surface area contributed by atoms with Crippen LogP contribution in [0.3, 0.4) is 0 Å². The van der Waals surface area contributed by atoms with Gasteiger partial charge in [-0.1, -0.05) is 146 Å². The van der Waals surface area contributed by atoms with Crippen molar-refractivity contribution in [1.82, 2.24) is 0 Å². The van der Waals surface area contributed by atoms with Gasteiger partial charge in [0.2, 0.25) is 0 Å². The molecule has 0 aromatic heterocycles. The molecule has 24 rings (SSSR count). The summed E-state index contributed by atoms with van der Waals surface area (Å²) in [6, 6.07) is 111. The highest BCUT2D eigenvalue weighted by Gasteiger charge is 2.58. The van der Waals surface area contributed by atoms with Crippen molar-refractivity contribution in [3.63, 3.8) is 0 Å². The number of aryl methyl sites for hydroxylation is 4. The summed E-state index contributed by atoms with van der Waals surface area (Å²) in [5, 5.41) is 0. The molecule has 0 atom stereocenters. The van der Waals surface area contributed by atoms with E-state index in [-0.39, 0.29) is 74.3 Å². The number of benzene rings is 12. The molecule has 0 spiro atoms. The first kappa shape index (κ1) is 91.6. The normalized spacial score (nSPS) is 24.3. The minimum atomic E-state index is -0.520. The molecule has 0 aliphatic heterocycles. The predicted octanol–water partition coefficient (Wildman–Crippen LogP) is 27.6. The summed E-state index contributed by atoms with van der Waals surface area (Å²) >= 11 is 0. The number of carbonyl (C=O) groups excluding carboxylic acids is 2. The van der Waals surface area contributed by atoms with Crippen LogP contribution in [0.1, 0.15) is 146 Å². The molecule has 0 saturated heterocycles. The van der Waals surface area contributed by atoms with Gasteiger partial charge in [-0.15, -0.1) is 0 Å². The summed E-state index contributed by atoms with van der Waals surface area (Å²) in [5.41, 5.74) is 3.61. The fourth-order valence-electron chi connectivity index (χ4n) is 23.7. The van der Waals surface area contributed by atoms with Gasteiger partial charge in [0, 0.05) is 23.3 Å². The molecule has 0 heterocycles. The molecule has 12 aliphatic carbocycles. The van der Waals surface area contributed by atoms with Crippen molar-refractivity contribution in [3.05, 3.63) is 338 Å². The van der Waals surface area contributed by atoms with E-state index in [0.717, 1.165) is 93.1 Å². The van der Waals surface area contributed by atoms with Crippen molar-refractivity contribution in [2.75, 3.05) is 26.8 Å². The van der Waals surface area contributed by atoms with Crippen LogP contribution in [-0.4, -0.2) is 62.1 Å². The van der Waals surface area contributed by atoms with Crippen LogP contribution in [0, 0.1) is 98.7 Å². The zero-order chi connectivity index (χ0) is 90.0. The number of rotatable bonds is 27. The van der Waals surface area contributed by atoms with Gasteiger partial charge in [0.1, 0.15) is 34.2 Å². The topological polar surface area (TPSA) is 108 Å². The van der Waals surface area contributed by atoms with Crippen molar-refractivity contribution in [3.8, 4) is 23.0 Å². The number of esters is 2. The summed E-state index contributed by atoms with van der Waals surface area (Å²) < 4.78 is 48.2. The molecule has 12 bridgehead atoms. The van der Waals surface area contributed by atoms with Crippen molar-refractivity contribution in [1.29, 1.82) is 0 Å². The molecule has 676 valence electrons. The zero-order valence-corrected chi connectivity index (χ0v) is 80.5. The Balaban J connectivity index is 0.000000118. The second-order valence-electron chi connectivity index (χ2n) is 39.2. The van der Waals surface area contributed by atoms with Crippen LogP contribution < -0.4 is 18.9 Å². The quantitative estimate of drug-likeness (QED) is 0.0281. The second-order valence-corrected chi connectivity index (χ2v) is 47.3. The Hall–Kier alpha value is -9.90. The Morgan fingerprint density at radius 3 is 0.908 bits per heavy atom. The van der Waals surface area contributed by atoms with Gasteiger partial charge in [0.25, 0.3) is 0 Å². The fourth-order valence-corrected chi connectivity index (χ4v) is 32.5. The highest BCUT2D eigenvalue weighted by molar-refractivity contribution is 7.98. The summed E-state index contributed by atoms with van der Waals surface area (Å²) in [5.74, 6) is 12.4. The molecular weight excluding hydrogens is 1690 g/mol. The second kappa shape index (κ2) is 42.1. The maximum absolute atomic E-state index is 12.9. The molecule has 0 radical (unpaired) electrons. The van der Waals surface area contributed by atoms with E-state index in [4.69, 9.17) is 37.9 Å². The lowest BCUT2D eigenvalue weighted by Gasteiger charge is -2.59. The van der Waals surface area contributed by atoms with Gasteiger partial charge in [-0.3, -0.25) is 0 Å². The molecule has 12 aromatic carbocycles. The van der Waals surface area contributed by atoms with E-state index in [1.54, 1.807) is 0 Å². The summed E-state index contributed by atoms with van der Waals surface area (Å²) in [6.45, 7) is 16.7. The number of ether oxygens (including phenoxy) is 8. The first-order valence-electron chi connectivity index (χ1n) is 47.8. The van der Waals surface area contributed by atoms with E-state index >= 15 is 0 Å². The van der Waals surface area contributed by atoms with E-state index in [9.17, 15) is 9.59 Å². The van der Waals surface area contributed by atoms with Crippen molar-refractivity contribution >= 4 is 55.5 Å². The molecule has 10 nitrogen and oxygen atoms in total. The van der Waals surface area contributed by atoms with Crippen LogP contribution in [-0.2, 0) is 72.1 Å². The Morgan fingerprint density at radius 2 is 0.580 bits per heavy atom. The van der Waals surface area contributed by atoms with Crippen LogP contribution in [0.25, 0.3) is 0 Å². The predicted molar refractivity (Wildman–Crippen MR) is 528 cm³/mol. The maximum atomic E-state index is 12.9. The molecule has 12 saturated carbocycles. The van der Waals surface area contributed by atoms with Gasteiger partial charge in [0.15, 0.2) is 85.5 Å². The van der Waals surface area contributed by atoms with Gasteiger partial charge >= 0.3 is 11.9 Å². The molecular formula is C117H128O10S4+4. The lowest BCUT2D eigenvalue weighted by Crippen LogP contribution is -2.58. The van der Waals surface area contributed by atoms with E-state index in [2.05, 4.69) is 318 Å². The summed E-state index contributed by atoms with van der Waals surface area (Å²) in [6.07, 6.45) is 21.2. The molecule has 12 aliphatic rings. The standard InChI is InChI=1S/C32H35O3S.C30H33O2S.C29H31O2S.C26H29O3S/c1-22-15-27(13-14-30(22)36(28-9-5-3-6-10-28)29-11-7-4-8-12-29)34-21-31(33)35-32(2)25-17-23-16-24(19-25)20-26(32)18-23;1-21-14-26(31-20-32-30-24-16-22-15-23(18-24)19-25(30)17-22)12-13-29(21)33(27-8-4-2-5-9-27)28-10-6-3-7-11-28;1-3-7-26(8-4-1)32(27-9-5-2-6-10-27)28-13-11-25(12-14-28)30-20-31-29-23-16-21-15-22(18-23)19-24(29)17-21;1-19-16-23(17-20(2)25(19)28-18-24(27)29-26(3,4)5)30(21-12-8-6-9-13-21)22-14-10-7-11-15-22/h3-15,23-26H,16-21H2,1-2H3;2-14,22-25,30H,15-20H2,1H3;1-14,21-24,29H,15-20H2;6-17H,18H2,1-5H3/q4*+1. The first-order valence-corrected chi connectivity index (χ1v) is 52.7. The Bertz CT molecular complexity index is 5460. The van der Waals surface area contributed by atoms with Crippen LogP contribution in [0.15, 0.2) is 374 Å². The van der Waals surface area contributed by atoms with Crippen molar-refractivity contribution in [2.45, 2.75) is 234 Å². The van der Waals surface area contributed by atoms with Gasteiger partial charge in [-0.25, -0.2) is 9.59 Å². The van der Waals surface area contributed by atoms with Gasteiger partial charge in [-0.05, 0) is 392 Å². The van der Waals surface area contributed by atoms with Gasteiger partial charge < -0.3 is 37.9 Å². The van der Waals surface area contributed by atoms with Crippen LogP contribution in [0.5, 0.6) is 23.0 Å². The number of hydrogen-bond donors (Lipinski definition) is 0. The minimum absolute atomic E-state index is 0.0379. The third kappa shape index (κ3) is 22.3. The maximum Gasteiger partial charge on any atom is 0.344 e. The Labute approximate surface area is 789 Å². The highest BCUT2D eigenvalue weighted by Crippen LogP contribution is 2.61. The summed E-state index contributed by atoms with van der Waals surface area (Å²) in [4.78, 5) is 40.5. The Kier molecular flexibility index (Phi) is 29.5. The Morgan fingerprint density at radius 1 is 0.298 bits per heavy atom. The third-order valence-electron chi connectivity index (χ3n) is 28.7. The number of carbonyl (C=O) groups is 2. The smallest absolute Gasteiger partial charge is 0.344 e. The van der Waals surface area contributed by atoms with Crippen LogP contribution >= 0.6 is 0 Å². The van der Waals surface area contributed by atoms with Crippen LogP contribution in [0.4, 0.5) is 0 Å². The van der Waals surface area contributed by atoms with E-state index in [1.165, 1.54) is 161 Å². The first-order chi connectivity index (χ1) is 63.8. The average molecular weight is 1820 g/mol. The van der Waals surface area contributed by atoms with E-state index in [0.29, 0.717) is 43.4 Å². The highest BCUT2D eigenvalue weighted by atomic mass is 32.2. The van der Waals surface area contributed by atoms with Crippen molar-refractivity contribution < 1.29 is 47.5 Å². The average Bonchev–Trinajstić information content (AvgIpc) is 0.740. The number of hydrogen-bond acceptors (Lipinski definition) is 10. The van der Waals surface area contributed by atoms with Gasteiger partial charge in [-0.2, -0.15) is 0 Å². The van der Waals surface area contributed by atoms with Gasteiger partial charge in [0.05, 0.1) is 55.8 Å². The van der Waals surface area contributed by atoms with Crippen molar-refractivity contribution in [2.24, 2.45) is 71.0 Å². The van der Waals surface area contributed by atoms with E-state index in [1.807, 2.05) is 52.8 Å². The summed E-state index contributed by atoms with van der Waals surface area (Å²) in [7, 11) is -0.679. The van der Waals surface area contributed by atoms with E-state index < -0.39 is 5.60 Å². The van der Waals surface area contributed by atoms with Crippen LogP contribution in [0.2, 0.25) is 0 Å². The SMILES string of the molecule is Cc1cc(OCC(=O)OC2(C)C3CC4CC(C3)CC2C4)ccc1[S+](c1ccccc1)c1ccccc1.Cc1cc(OCOC2C3CC4CC(C3)CC2C4)ccc1[S+](c1ccccc1)c1ccccc1.Cc1cc([S+](c2ccccc2)c2ccccc2)cc(C)c1OCC(=O)OC(C)(C)C.c1ccc([S+](c2ccccc2)c2ccc(OCOC3C4CC5CC(C4)CC3C5)cc2)cc1. The molecule has 14 heteroatoms. The third-order valence-corrected chi connectivity index (χ3v) is 37.9. The molecule has 0 N–H and O–H groups in total. The molecule has 0 amide bonds. The minimum Gasteiger partial charge on any atom is -0.482 e. The molecule has 0 unspecified atom stereocenters. The zero-order valence-electron chi connectivity index (χ0n) is 77.3. The molecule has 131 heavy (non-hydrogen) atoms. The molecule has 12 aromatic rings. The molecule has 12 fully saturated rings. The largest absolute Gasteiger partial charge is 0.482 e. The fraction of sp³-hybridized carbons (Fsp3) is 0.368. The monoisotopic (exact) mass is 1820 g/mol.